The molecule has 2 aromatic rings. The van der Waals surface area contributed by atoms with Crippen molar-refractivity contribution >= 4 is 29.9 Å². The molecule has 0 bridgehead atoms. The van der Waals surface area contributed by atoms with Gasteiger partial charge in [0.2, 0.25) is 0 Å². The predicted octanol–water partition coefficient (Wildman–Crippen LogP) is 4.78. The molecule has 0 radical (unpaired) electrons. The van der Waals surface area contributed by atoms with E-state index in [2.05, 4.69) is 78.0 Å². The second-order valence-corrected chi connectivity index (χ2v) is 8.06. The van der Waals surface area contributed by atoms with E-state index in [-0.39, 0.29) is 24.0 Å². The third-order valence-electron chi connectivity index (χ3n) is 5.52. The summed E-state index contributed by atoms with van der Waals surface area (Å²) in [5.74, 6) is 1.23. The van der Waals surface area contributed by atoms with Crippen LogP contribution in [0.25, 0.3) is 0 Å². The molecule has 2 N–H and O–H groups in total. The molecular formula is C25H36IN3O2. The molecule has 1 saturated heterocycles. The van der Waals surface area contributed by atoms with E-state index < -0.39 is 0 Å². The van der Waals surface area contributed by atoms with Crippen LogP contribution in [-0.4, -0.2) is 38.9 Å². The zero-order chi connectivity index (χ0) is 21.2. The van der Waals surface area contributed by atoms with Gasteiger partial charge in [0.15, 0.2) is 5.96 Å². The minimum absolute atomic E-state index is 0. The largest absolute Gasteiger partial charge is 0.381 e. The Morgan fingerprint density at radius 2 is 1.84 bits per heavy atom. The maximum atomic E-state index is 6.05. The highest BCUT2D eigenvalue weighted by Gasteiger charge is 2.14. The second kappa shape index (κ2) is 13.7. The maximum Gasteiger partial charge on any atom is 0.191 e. The maximum absolute atomic E-state index is 6.05. The van der Waals surface area contributed by atoms with Crippen molar-refractivity contribution in [2.24, 2.45) is 4.99 Å². The zero-order valence-corrected chi connectivity index (χ0v) is 21.2. The lowest BCUT2D eigenvalue weighted by Gasteiger charge is -2.22. The van der Waals surface area contributed by atoms with E-state index >= 15 is 0 Å². The van der Waals surface area contributed by atoms with E-state index in [1.807, 2.05) is 7.05 Å². The van der Waals surface area contributed by atoms with Crippen molar-refractivity contribution in [3.63, 3.8) is 0 Å². The molecule has 0 spiro atoms. The molecule has 170 valence electrons. The Bertz CT molecular complexity index is 822. The van der Waals surface area contributed by atoms with Gasteiger partial charge in [-0.05, 0) is 42.4 Å². The minimum atomic E-state index is 0. The van der Waals surface area contributed by atoms with E-state index in [9.17, 15) is 0 Å². The van der Waals surface area contributed by atoms with Crippen LogP contribution in [0.3, 0.4) is 0 Å². The highest BCUT2D eigenvalue weighted by Crippen LogP contribution is 2.16. The molecule has 6 heteroatoms. The number of aliphatic imine (C=N–C) groups is 1. The molecule has 1 aliphatic heterocycles. The number of ether oxygens (including phenoxy) is 2. The first kappa shape index (κ1) is 25.6. The van der Waals surface area contributed by atoms with Gasteiger partial charge in [0, 0.05) is 33.4 Å². The van der Waals surface area contributed by atoms with Gasteiger partial charge in [-0.3, -0.25) is 4.99 Å². The number of nitrogens with zero attached hydrogens (tertiary/aromatic N) is 1. The summed E-state index contributed by atoms with van der Waals surface area (Å²) in [5.41, 5.74) is 5.06. The van der Waals surface area contributed by atoms with E-state index in [0.29, 0.717) is 18.6 Å². The molecule has 1 fully saturated rings. The summed E-state index contributed by atoms with van der Waals surface area (Å²) in [6.45, 7) is 8.20. The number of hydrogen-bond donors (Lipinski definition) is 2. The second-order valence-electron chi connectivity index (χ2n) is 8.06. The molecule has 1 unspecified atom stereocenters. The fourth-order valence-electron chi connectivity index (χ4n) is 3.64. The van der Waals surface area contributed by atoms with E-state index in [1.54, 1.807) is 0 Å². The quantitative estimate of drug-likeness (QED) is 0.289. The summed E-state index contributed by atoms with van der Waals surface area (Å²) in [6.07, 6.45) is 2.30. The van der Waals surface area contributed by atoms with Gasteiger partial charge in [-0.15, -0.1) is 24.0 Å². The van der Waals surface area contributed by atoms with Crippen LogP contribution < -0.4 is 10.6 Å². The first-order valence-corrected chi connectivity index (χ1v) is 10.9. The fourth-order valence-corrected chi connectivity index (χ4v) is 3.64. The first-order valence-electron chi connectivity index (χ1n) is 10.9. The van der Waals surface area contributed by atoms with Crippen molar-refractivity contribution in [2.45, 2.75) is 51.9 Å². The van der Waals surface area contributed by atoms with Crippen LogP contribution in [0.1, 0.15) is 47.9 Å². The molecule has 0 saturated carbocycles. The Labute approximate surface area is 204 Å². The van der Waals surface area contributed by atoms with Crippen LogP contribution in [0.2, 0.25) is 0 Å². The van der Waals surface area contributed by atoms with Crippen molar-refractivity contribution < 1.29 is 9.47 Å². The van der Waals surface area contributed by atoms with Crippen molar-refractivity contribution in [1.29, 1.82) is 0 Å². The monoisotopic (exact) mass is 537 g/mol. The normalized spacial score (nSPS) is 15.8. The van der Waals surface area contributed by atoms with Gasteiger partial charge in [0.05, 0.1) is 12.7 Å². The van der Waals surface area contributed by atoms with Gasteiger partial charge in [-0.25, -0.2) is 0 Å². The van der Waals surface area contributed by atoms with Crippen molar-refractivity contribution in [1.82, 2.24) is 10.6 Å². The molecule has 5 nitrogen and oxygen atoms in total. The van der Waals surface area contributed by atoms with Crippen molar-refractivity contribution in [3.8, 4) is 0 Å². The number of aryl methyl sites for hydroxylation is 1. The van der Waals surface area contributed by atoms with Crippen LogP contribution in [0.15, 0.2) is 53.5 Å². The number of nitrogens with one attached hydrogen (secondary N) is 2. The molecule has 3 rings (SSSR count). The molecule has 0 aliphatic carbocycles. The van der Waals surface area contributed by atoms with E-state index in [4.69, 9.17) is 9.47 Å². The summed E-state index contributed by atoms with van der Waals surface area (Å²) in [6, 6.07) is 17.2. The SMILES string of the molecule is CN=C(NCc1cccc(COC2CCOCC2)c1)NCC(C)c1cccc(C)c1.I. The molecule has 1 atom stereocenters. The third-order valence-corrected chi connectivity index (χ3v) is 5.52. The smallest absolute Gasteiger partial charge is 0.191 e. The summed E-state index contributed by atoms with van der Waals surface area (Å²) < 4.78 is 11.4. The fraction of sp³-hybridized carbons (Fsp3) is 0.480. The van der Waals surface area contributed by atoms with Crippen LogP contribution in [-0.2, 0) is 22.6 Å². The Balaban J connectivity index is 0.00000341. The number of benzene rings is 2. The minimum Gasteiger partial charge on any atom is -0.381 e. The molecule has 1 heterocycles. The number of guanidine groups is 1. The molecule has 1 aliphatic rings. The first-order chi connectivity index (χ1) is 14.6. The van der Waals surface area contributed by atoms with Crippen LogP contribution in [0, 0.1) is 6.92 Å². The van der Waals surface area contributed by atoms with Crippen molar-refractivity contribution in [3.05, 3.63) is 70.8 Å². The average molecular weight is 537 g/mol. The molecule has 2 aromatic carbocycles. The standard InChI is InChI=1S/C25H35N3O2.HI/c1-19-6-4-9-23(14-19)20(2)16-27-25(26-3)28-17-21-7-5-8-22(15-21)18-30-24-10-12-29-13-11-24;/h4-9,14-15,20,24H,10-13,16-18H2,1-3H3,(H2,26,27,28);1H. The molecular weight excluding hydrogens is 501 g/mol. The summed E-state index contributed by atoms with van der Waals surface area (Å²) in [7, 11) is 1.81. The Morgan fingerprint density at radius 3 is 2.58 bits per heavy atom. The lowest BCUT2D eigenvalue weighted by atomic mass is 9.99. The van der Waals surface area contributed by atoms with E-state index in [0.717, 1.165) is 45.1 Å². The van der Waals surface area contributed by atoms with E-state index in [1.165, 1.54) is 22.3 Å². The number of hydrogen-bond acceptors (Lipinski definition) is 3. The Morgan fingerprint density at radius 1 is 1.10 bits per heavy atom. The lowest BCUT2D eigenvalue weighted by Crippen LogP contribution is -2.38. The van der Waals surface area contributed by atoms with Gasteiger partial charge in [0.1, 0.15) is 0 Å². The molecule has 0 amide bonds. The average Bonchev–Trinajstić information content (AvgIpc) is 2.78. The summed E-state index contributed by atoms with van der Waals surface area (Å²) in [5, 5.41) is 6.86. The lowest BCUT2D eigenvalue weighted by molar-refractivity contribution is -0.0390. The number of rotatable bonds is 8. The van der Waals surface area contributed by atoms with Gasteiger partial charge >= 0.3 is 0 Å². The summed E-state index contributed by atoms with van der Waals surface area (Å²) in [4.78, 5) is 4.36. The van der Waals surface area contributed by atoms with Gasteiger partial charge in [-0.1, -0.05) is 61.0 Å². The molecule has 0 aromatic heterocycles. The van der Waals surface area contributed by atoms with Gasteiger partial charge in [-0.2, -0.15) is 0 Å². The molecule has 31 heavy (non-hydrogen) atoms. The highest BCUT2D eigenvalue weighted by atomic mass is 127. The predicted molar refractivity (Wildman–Crippen MR) is 138 cm³/mol. The topological polar surface area (TPSA) is 54.9 Å². The number of halogens is 1. The van der Waals surface area contributed by atoms with Gasteiger partial charge < -0.3 is 20.1 Å². The van der Waals surface area contributed by atoms with Crippen LogP contribution in [0.5, 0.6) is 0 Å². The third kappa shape index (κ3) is 8.79. The summed E-state index contributed by atoms with van der Waals surface area (Å²) >= 11 is 0. The highest BCUT2D eigenvalue weighted by molar-refractivity contribution is 14.0. The zero-order valence-electron chi connectivity index (χ0n) is 18.9. The Hall–Kier alpha value is -1.64. The van der Waals surface area contributed by atoms with Gasteiger partial charge in [0.25, 0.3) is 0 Å². The Kier molecular flexibility index (Phi) is 11.3. The van der Waals surface area contributed by atoms with Crippen LogP contribution in [0.4, 0.5) is 0 Å². The van der Waals surface area contributed by atoms with Crippen LogP contribution >= 0.6 is 24.0 Å². The van der Waals surface area contributed by atoms with Crippen molar-refractivity contribution in [2.75, 3.05) is 26.8 Å².